The monoisotopic (exact) mass is 278 g/mol. The Labute approximate surface area is 118 Å². The van der Waals surface area contributed by atoms with Crippen LogP contribution in [-0.2, 0) is 4.79 Å². The Morgan fingerprint density at radius 2 is 1.95 bits per heavy atom. The van der Waals surface area contributed by atoms with Crippen LogP contribution in [0.15, 0.2) is 24.3 Å². The van der Waals surface area contributed by atoms with Gasteiger partial charge in [0.2, 0.25) is 5.91 Å². The molecule has 0 bridgehead atoms. The summed E-state index contributed by atoms with van der Waals surface area (Å²) in [7, 11) is 0. The molecule has 0 aromatic heterocycles. The predicted molar refractivity (Wildman–Crippen MR) is 76.4 cm³/mol. The fraction of sp³-hybridized carbons (Fsp3) is 0.533. The molecular formula is C15H19ClN2O. The summed E-state index contributed by atoms with van der Waals surface area (Å²) < 4.78 is 0. The van der Waals surface area contributed by atoms with Crippen LogP contribution in [0.5, 0.6) is 0 Å². The molecule has 0 unspecified atom stereocenters. The number of nitrogens with one attached hydrogen (secondary N) is 2. The molecule has 0 aliphatic heterocycles. The van der Waals surface area contributed by atoms with Gasteiger partial charge in [0.25, 0.3) is 0 Å². The van der Waals surface area contributed by atoms with E-state index in [2.05, 4.69) is 16.7 Å². The molecule has 0 spiro atoms. The average molecular weight is 279 g/mol. The first-order valence-electron chi connectivity index (χ1n) is 6.99. The van der Waals surface area contributed by atoms with Crippen molar-refractivity contribution in [2.75, 3.05) is 6.54 Å². The summed E-state index contributed by atoms with van der Waals surface area (Å²) in [6.07, 6.45) is 4.42. The maximum Gasteiger partial charge on any atom is 0.234 e. The van der Waals surface area contributed by atoms with E-state index in [0.29, 0.717) is 24.5 Å². The third kappa shape index (κ3) is 3.28. The standard InChI is InChI=1S/C15H19ClN2O/c16-14-4-2-1-3-13(14)10-7-12(8-10)17-9-15(19)18-11-5-6-11/h1-4,10-12,17H,5-9H2,(H,18,19). The zero-order valence-electron chi connectivity index (χ0n) is 10.9. The highest BCUT2D eigenvalue weighted by molar-refractivity contribution is 6.31. The average Bonchev–Trinajstić information content (AvgIpc) is 3.13. The second-order valence-corrected chi connectivity index (χ2v) is 6.02. The van der Waals surface area contributed by atoms with E-state index in [9.17, 15) is 4.79 Å². The number of hydrogen-bond acceptors (Lipinski definition) is 2. The van der Waals surface area contributed by atoms with Gasteiger partial charge in [0.1, 0.15) is 0 Å². The number of benzene rings is 1. The topological polar surface area (TPSA) is 41.1 Å². The summed E-state index contributed by atoms with van der Waals surface area (Å²) >= 11 is 6.19. The van der Waals surface area contributed by atoms with Gasteiger partial charge in [0, 0.05) is 17.1 Å². The molecule has 19 heavy (non-hydrogen) atoms. The van der Waals surface area contributed by atoms with Gasteiger partial charge in [-0.1, -0.05) is 29.8 Å². The van der Waals surface area contributed by atoms with E-state index in [1.165, 1.54) is 5.56 Å². The molecule has 2 N–H and O–H groups in total. The Morgan fingerprint density at radius 3 is 2.63 bits per heavy atom. The Balaban J connectivity index is 1.40. The van der Waals surface area contributed by atoms with Crippen molar-refractivity contribution in [3.8, 4) is 0 Å². The van der Waals surface area contributed by atoms with Crippen molar-refractivity contribution in [1.29, 1.82) is 0 Å². The zero-order chi connectivity index (χ0) is 13.2. The number of rotatable bonds is 5. The first kappa shape index (κ1) is 12.9. The minimum atomic E-state index is 0.128. The smallest absolute Gasteiger partial charge is 0.234 e. The molecule has 4 heteroatoms. The van der Waals surface area contributed by atoms with Crippen LogP contribution < -0.4 is 10.6 Å². The third-order valence-electron chi connectivity index (χ3n) is 3.98. The van der Waals surface area contributed by atoms with Gasteiger partial charge in [-0.05, 0) is 43.2 Å². The van der Waals surface area contributed by atoms with Gasteiger partial charge in [-0.3, -0.25) is 4.79 Å². The van der Waals surface area contributed by atoms with E-state index in [1.807, 2.05) is 18.2 Å². The largest absolute Gasteiger partial charge is 0.352 e. The van der Waals surface area contributed by atoms with Gasteiger partial charge < -0.3 is 10.6 Å². The van der Waals surface area contributed by atoms with Gasteiger partial charge in [-0.15, -0.1) is 0 Å². The predicted octanol–water partition coefficient (Wildman–Crippen LogP) is 2.45. The van der Waals surface area contributed by atoms with Crippen molar-refractivity contribution < 1.29 is 4.79 Å². The molecule has 0 radical (unpaired) electrons. The number of halogens is 1. The minimum absolute atomic E-state index is 0.128. The van der Waals surface area contributed by atoms with Crippen molar-refractivity contribution in [2.45, 2.75) is 43.7 Å². The SMILES string of the molecule is O=C(CNC1CC(c2ccccc2Cl)C1)NC1CC1. The molecule has 2 aliphatic carbocycles. The Hall–Kier alpha value is -1.06. The molecule has 3 nitrogen and oxygen atoms in total. The van der Waals surface area contributed by atoms with E-state index in [1.54, 1.807) is 0 Å². The van der Waals surface area contributed by atoms with E-state index in [4.69, 9.17) is 11.6 Å². The third-order valence-corrected chi connectivity index (χ3v) is 4.32. The van der Waals surface area contributed by atoms with Crippen LogP contribution in [-0.4, -0.2) is 24.5 Å². The van der Waals surface area contributed by atoms with E-state index in [-0.39, 0.29) is 5.91 Å². The lowest BCUT2D eigenvalue weighted by molar-refractivity contribution is -0.120. The first-order valence-corrected chi connectivity index (χ1v) is 7.37. The highest BCUT2D eigenvalue weighted by Gasteiger charge is 2.31. The molecule has 0 heterocycles. The molecule has 2 saturated carbocycles. The molecule has 2 fully saturated rings. The summed E-state index contributed by atoms with van der Waals surface area (Å²) in [5.74, 6) is 0.668. The van der Waals surface area contributed by atoms with Crippen LogP contribution in [0.25, 0.3) is 0 Å². The zero-order valence-corrected chi connectivity index (χ0v) is 11.6. The highest BCUT2D eigenvalue weighted by Crippen LogP contribution is 2.39. The molecule has 2 aliphatic rings. The molecule has 1 aromatic rings. The maximum atomic E-state index is 11.5. The highest BCUT2D eigenvalue weighted by atomic mass is 35.5. The lowest BCUT2D eigenvalue weighted by Crippen LogP contribution is -2.45. The van der Waals surface area contributed by atoms with Crippen molar-refractivity contribution >= 4 is 17.5 Å². The fourth-order valence-electron chi connectivity index (χ4n) is 2.59. The molecule has 1 aromatic carbocycles. The summed E-state index contributed by atoms with van der Waals surface area (Å²) in [6, 6.07) is 8.94. The lowest BCUT2D eigenvalue weighted by atomic mass is 9.76. The normalized spacial score (nSPS) is 25.7. The Morgan fingerprint density at radius 1 is 1.21 bits per heavy atom. The number of carbonyl (C=O) groups excluding carboxylic acids is 1. The van der Waals surface area contributed by atoms with Gasteiger partial charge in [0.05, 0.1) is 6.54 Å². The molecule has 0 saturated heterocycles. The fourth-order valence-corrected chi connectivity index (χ4v) is 2.88. The second-order valence-electron chi connectivity index (χ2n) is 5.61. The molecule has 102 valence electrons. The molecule has 0 atom stereocenters. The summed E-state index contributed by atoms with van der Waals surface area (Å²) in [5.41, 5.74) is 1.24. The summed E-state index contributed by atoms with van der Waals surface area (Å²) in [4.78, 5) is 11.5. The number of hydrogen-bond donors (Lipinski definition) is 2. The Bertz CT molecular complexity index is 467. The van der Waals surface area contributed by atoms with Gasteiger partial charge in [-0.25, -0.2) is 0 Å². The van der Waals surface area contributed by atoms with Crippen LogP contribution >= 0.6 is 11.6 Å². The maximum absolute atomic E-state index is 11.5. The van der Waals surface area contributed by atoms with Crippen molar-refractivity contribution in [3.05, 3.63) is 34.9 Å². The van der Waals surface area contributed by atoms with Crippen LogP contribution in [0, 0.1) is 0 Å². The molecule has 1 amide bonds. The number of carbonyl (C=O) groups is 1. The van der Waals surface area contributed by atoms with Crippen molar-refractivity contribution in [2.24, 2.45) is 0 Å². The molecule has 3 rings (SSSR count). The van der Waals surface area contributed by atoms with Crippen molar-refractivity contribution in [3.63, 3.8) is 0 Å². The lowest BCUT2D eigenvalue weighted by Gasteiger charge is -2.36. The van der Waals surface area contributed by atoms with Crippen LogP contribution in [0.2, 0.25) is 5.02 Å². The van der Waals surface area contributed by atoms with Crippen molar-refractivity contribution in [1.82, 2.24) is 10.6 Å². The van der Waals surface area contributed by atoms with Gasteiger partial charge in [0.15, 0.2) is 0 Å². The van der Waals surface area contributed by atoms with E-state index >= 15 is 0 Å². The van der Waals surface area contributed by atoms with E-state index in [0.717, 1.165) is 30.7 Å². The van der Waals surface area contributed by atoms with Crippen LogP contribution in [0.4, 0.5) is 0 Å². The Kier molecular flexibility index (Phi) is 3.76. The summed E-state index contributed by atoms with van der Waals surface area (Å²) in [5, 5.41) is 7.16. The second kappa shape index (κ2) is 5.51. The molecular weight excluding hydrogens is 260 g/mol. The van der Waals surface area contributed by atoms with Crippen LogP contribution in [0.3, 0.4) is 0 Å². The van der Waals surface area contributed by atoms with Gasteiger partial charge in [-0.2, -0.15) is 0 Å². The van der Waals surface area contributed by atoms with E-state index < -0.39 is 0 Å². The quantitative estimate of drug-likeness (QED) is 0.869. The van der Waals surface area contributed by atoms with Gasteiger partial charge >= 0.3 is 0 Å². The number of amides is 1. The summed E-state index contributed by atoms with van der Waals surface area (Å²) in [6.45, 7) is 0.441. The van der Waals surface area contributed by atoms with Crippen LogP contribution in [0.1, 0.15) is 37.2 Å². The first-order chi connectivity index (χ1) is 9.22. The minimum Gasteiger partial charge on any atom is -0.352 e.